The molecule has 1 aliphatic rings. The van der Waals surface area contributed by atoms with E-state index in [9.17, 15) is 8.42 Å². The molecule has 0 aromatic heterocycles. The highest BCUT2D eigenvalue weighted by atomic mass is 127. The Morgan fingerprint density at radius 2 is 1.90 bits per heavy atom. The van der Waals surface area contributed by atoms with Crippen molar-refractivity contribution in [2.75, 3.05) is 46.2 Å². The minimum atomic E-state index is -3.19. The van der Waals surface area contributed by atoms with Crippen LogP contribution in [0.2, 0.25) is 0 Å². The monoisotopic (exact) mass is 538 g/mol. The molecule has 0 saturated carbocycles. The first kappa shape index (κ1) is 26.1. The first-order valence-corrected chi connectivity index (χ1v) is 11.7. The number of guanidine groups is 1. The summed E-state index contributed by atoms with van der Waals surface area (Å²) in [6.45, 7) is 11.2. The number of morpholine rings is 1. The fourth-order valence-corrected chi connectivity index (χ4v) is 4.50. The van der Waals surface area contributed by atoms with Gasteiger partial charge in [-0.1, -0.05) is 26.0 Å². The fourth-order valence-electron chi connectivity index (χ4n) is 3.54. The van der Waals surface area contributed by atoms with E-state index in [1.807, 2.05) is 19.1 Å². The summed E-state index contributed by atoms with van der Waals surface area (Å²) in [5, 5.41) is 6.74. The lowest BCUT2D eigenvalue weighted by atomic mass is 10.0. The molecule has 1 aromatic carbocycles. The molecule has 7 nitrogen and oxygen atoms in total. The van der Waals surface area contributed by atoms with Crippen LogP contribution < -0.4 is 10.6 Å². The standard InChI is InChI=1S/C20H34N4O3S.HI/c1-15(2)18(24-8-10-27-11-9-24)14-23-20(21-4)22-13-17-6-7-19(16(3)12-17)28(5,25)26;/h6-7,12,15,18H,8-11,13-14H2,1-5H3,(H2,21,22,23);1H. The van der Waals surface area contributed by atoms with E-state index in [1.165, 1.54) is 6.26 Å². The predicted octanol–water partition coefficient (Wildman–Crippen LogP) is 2.04. The number of hydrogen-bond acceptors (Lipinski definition) is 5. The van der Waals surface area contributed by atoms with Crippen LogP contribution in [0.5, 0.6) is 0 Å². The largest absolute Gasteiger partial charge is 0.379 e. The Balaban J connectivity index is 0.00000420. The SMILES string of the molecule is CN=C(NCc1ccc(S(C)(=O)=O)c(C)c1)NCC(C(C)C)N1CCOCC1.I. The molecule has 1 saturated heterocycles. The molecule has 0 spiro atoms. The average Bonchev–Trinajstić information content (AvgIpc) is 2.64. The van der Waals surface area contributed by atoms with Crippen LogP contribution in [0.4, 0.5) is 0 Å². The predicted molar refractivity (Wildman–Crippen MR) is 129 cm³/mol. The van der Waals surface area contributed by atoms with Gasteiger partial charge in [0.1, 0.15) is 0 Å². The quantitative estimate of drug-likeness (QED) is 0.314. The maximum Gasteiger partial charge on any atom is 0.191 e. The molecule has 166 valence electrons. The summed E-state index contributed by atoms with van der Waals surface area (Å²) in [5.74, 6) is 1.26. The number of ether oxygens (including phenoxy) is 1. The molecule has 0 radical (unpaired) electrons. The van der Waals surface area contributed by atoms with Crippen molar-refractivity contribution in [1.82, 2.24) is 15.5 Å². The van der Waals surface area contributed by atoms with Crippen molar-refractivity contribution in [2.24, 2.45) is 10.9 Å². The average molecular weight is 538 g/mol. The third kappa shape index (κ3) is 8.03. The minimum absolute atomic E-state index is 0. The molecular weight excluding hydrogens is 503 g/mol. The number of nitrogens with one attached hydrogen (secondary N) is 2. The number of aryl methyl sites for hydroxylation is 1. The number of benzene rings is 1. The van der Waals surface area contributed by atoms with Crippen molar-refractivity contribution in [3.8, 4) is 0 Å². The minimum Gasteiger partial charge on any atom is -0.379 e. The molecule has 0 amide bonds. The molecule has 2 N–H and O–H groups in total. The summed E-state index contributed by atoms with van der Waals surface area (Å²) in [6.07, 6.45) is 1.23. The molecule has 1 unspecified atom stereocenters. The van der Waals surface area contributed by atoms with Crippen LogP contribution in [0.25, 0.3) is 0 Å². The van der Waals surface area contributed by atoms with Gasteiger partial charge in [0, 0.05) is 45.5 Å². The Labute approximate surface area is 192 Å². The van der Waals surface area contributed by atoms with Gasteiger partial charge in [-0.25, -0.2) is 8.42 Å². The Morgan fingerprint density at radius 3 is 2.41 bits per heavy atom. The van der Waals surface area contributed by atoms with Gasteiger partial charge in [-0.15, -0.1) is 24.0 Å². The second-order valence-electron chi connectivity index (χ2n) is 7.64. The van der Waals surface area contributed by atoms with Crippen molar-refractivity contribution in [2.45, 2.75) is 38.3 Å². The van der Waals surface area contributed by atoms with E-state index < -0.39 is 9.84 Å². The van der Waals surface area contributed by atoms with Gasteiger partial charge in [0.05, 0.1) is 18.1 Å². The van der Waals surface area contributed by atoms with E-state index in [4.69, 9.17) is 4.74 Å². The summed E-state index contributed by atoms with van der Waals surface area (Å²) >= 11 is 0. The number of hydrogen-bond donors (Lipinski definition) is 2. The van der Waals surface area contributed by atoms with Crippen LogP contribution in [-0.4, -0.2) is 71.5 Å². The molecule has 29 heavy (non-hydrogen) atoms. The van der Waals surface area contributed by atoms with E-state index in [1.54, 1.807) is 13.1 Å². The van der Waals surface area contributed by atoms with Crippen LogP contribution in [-0.2, 0) is 21.1 Å². The normalized spacial score (nSPS) is 17.0. The lowest BCUT2D eigenvalue weighted by Gasteiger charge is -2.37. The maximum atomic E-state index is 11.8. The number of rotatable bonds is 7. The summed E-state index contributed by atoms with van der Waals surface area (Å²) in [4.78, 5) is 7.17. The molecule has 0 bridgehead atoms. The molecule has 1 aromatic rings. The zero-order chi connectivity index (χ0) is 20.7. The summed E-state index contributed by atoms with van der Waals surface area (Å²) in [6, 6.07) is 5.83. The molecule has 1 fully saturated rings. The number of sulfone groups is 1. The lowest BCUT2D eigenvalue weighted by Crippen LogP contribution is -2.52. The van der Waals surface area contributed by atoms with Crippen LogP contribution >= 0.6 is 24.0 Å². The van der Waals surface area contributed by atoms with E-state index in [0.717, 1.165) is 49.9 Å². The highest BCUT2D eigenvalue weighted by Crippen LogP contribution is 2.16. The van der Waals surface area contributed by atoms with Gasteiger partial charge in [0.2, 0.25) is 0 Å². The van der Waals surface area contributed by atoms with Gasteiger partial charge >= 0.3 is 0 Å². The maximum absolute atomic E-state index is 11.8. The smallest absolute Gasteiger partial charge is 0.191 e. The second kappa shape index (κ2) is 12.1. The highest BCUT2D eigenvalue weighted by molar-refractivity contribution is 14.0. The first-order chi connectivity index (χ1) is 13.2. The van der Waals surface area contributed by atoms with Crippen LogP contribution in [0.3, 0.4) is 0 Å². The molecule has 9 heteroatoms. The molecular formula is C20H35IN4O3S. The molecule has 0 aliphatic carbocycles. The fraction of sp³-hybridized carbons (Fsp3) is 0.650. The molecule has 1 heterocycles. The topological polar surface area (TPSA) is 83.0 Å². The first-order valence-electron chi connectivity index (χ1n) is 9.78. The van der Waals surface area contributed by atoms with Crippen molar-refractivity contribution in [3.05, 3.63) is 29.3 Å². The second-order valence-corrected chi connectivity index (χ2v) is 9.62. The van der Waals surface area contributed by atoms with Gasteiger partial charge in [-0.05, 0) is 30.0 Å². The van der Waals surface area contributed by atoms with Crippen LogP contribution in [0.15, 0.2) is 28.1 Å². The van der Waals surface area contributed by atoms with Gasteiger partial charge in [-0.3, -0.25) is 9.89 Å². The van der Waals surface area contributed by atoms with E-state index in [-0.39, 0.29) is 24.0 Å². The van der Waals surface area contributed by atoms with Crippen molar-refractivity contribution in [3.63, 3.8) is 0 Å². The van der Waals surface area contributed by atoms with Gasteiger partial charge in [0.15, 0.2) is 15.8 Å². The Morgan fingerprint density at radius 1 is 1.24 bits per heavy atom. The van der Waals surface area contributed by atoms with Gasteiger partial charge in [-0.2, -0.15) is 0 Å². The third-order valence-corrected chi connectivity index (χ3v) is 6.34. The number of nitrogens with zero attached hydrogens (tertiary/aromatic N) is 2. The third-order valence-electron chi connectivity index (χ3n) is 5.09. The van der Waals surface area contributed by atoms with Crippen molar-refractivity contribution < 1.29 is 13.2 Å². The summed E-state index contributed by atoms with van der Waals surface area (Å²) < 4.78 is 29.0. The van der Waals surface area contributed by atoms with Crippen LogP contribution in [0, 0.1) is 12.8 Å². The summed E-state index contributed by atoms with van der Waals surface area (Å²) in [5.41, 5.74) is 1.78. The molecule has 2 rings (SSSR count). The van der Waals surface area contributed by atoms with E-state index in [0.29, 0.717) is 23.4 Å². The van der Waals surface area contributed by atoms with Gasteiger partial charge in [0.25, 0.3) is 0 Å². The van der Waals surface area contributed by atoms with Crippen molar-refractivity contribution in [1.29, 1.82) is 0 Å². The number of aliphatic imine (C=N–C) groups is 1. The van der Waals surface area contributed by atoms with Gasteiger partial charge < -0.3 is 15.4 Å². The van der Waals surface area contributed by atoms with Crippen LogP contribution in [0.1, 0.15) is 25.0 Å². The zero-order valence-electron chi connectivity index (χ0n) is 18.1. The molecule has 1 atom stereocenters. The Kier molecular flexibility index (Phi) is 10.9. The molecule has 1 aliphatic heterocycles. The Hall–Kier alpha value is -0.910. The highest BCUT2D eigenvalue weighted by Gasteiger charge is 2.23. The zero-order valence-corrected chi connectivity index (χ0v) is 21.2. The van der Waals surface area contributed by atoms with E-state index >= 15 is 0 Å². The van der Waals surface area contributed by atoms with E-state index in [2.05, 4.69) is 34.4 Å². The van der Waals surface area contributed by atoms with Crippen molar-refractivity contribution >= 4 is 39.8 Å². The number of halogens is 1. The Bertz CT molecular complexity index is 778. The lowest BCUT2D eigenvalue weighted by molar-refractivity contribution is 0.00752. The summed E-state index contributed by atoms with van der Waals surface area (Å²) in [7, 11) is -1.44.